The van der Waals surface area contributed by atoms with Gasteiger partial charge in [-0.1, -0.05) is 17.7 Å². The standard InChI is InChI=1S/C18H16ClFN4O/c1-10(21)12-5-8-15(19)14(9-12)17-22-16(23-18(24-17)25-2)11-3-6-13(20)7-4-11/h3-10H,21H2,1-2H3. The molecule has 0 radical (unpaired) electrons. The molecule has 5 nitrogen and oxygen atoms in total. The van der Waals surface area contributed by atoms with Gasteiger partial charge in [-0.2, -0.15) is 9.97 Å². The number of nitrogens with zero attached hydrogens (tertiary/aromatic N) is 3. The summed E-state index contributed by atoms with van der Waals surface area (Å²) in [6.45, 7) is 1.88. The van der Waals surface area contributed by atoms with Crippen LogP contribution in [-0.2, 0) is 0 Å². The van der Waals surface area contributed by atoms with E-state index >= 15 is 0 Å². The first-order chi connectivity index (χ1) is 12.0. The fourth-order valence-corrected chi connectivity index (χ4v) is 2.50. The summed E-state index contributed by atoms with van der Waals surface area (Å²) in [6.07, 6.45) is 0. The molecule has 7 heteroatoms. The second-order valence-electron chi connectivity index (χ2n) is 5.50. The first-order valence-corrected chi connectivity index (χ1v) is 7.97. The van der Waals surface area contributed by atoms with Crippen LogP contribution in [0.1, 0.15) is 18.5 Å². The van der Waals surface area contributed by atoms with Gasteiger partial charge in [-0.15, -0.1) is 0 Å². The smallest absolute Gasteiger partial charge is 0.320 e. The summed E-state index contributed by atoms with van der Waals surface area (Å²) >= 11 is 6.32. The highest BCUT2D eigenvalue weighted by atomic mass is 35.5. The van der Waals surface area contributed by atoms with Crippen molar-refractivity contribution < 1.29 is 9.13 Å². The average Bonchev–Trinajstić information content (AvgIpc) is 2.62. The van der Waals surface area contributed by atoms with Crippen LogP contribution in [0.25, 0.3) is 22.8 Å². The van der Waals surface area contributed by atoms with Crippen molar-refractivity contribution in [2.45, 2.75) is 13.0 Å². The highest BCUT2D eigenvalue weighted by molar-refractivity contribution is 6.33. The van der Waals surface area contributed by atoms with Crippen LogP contribution in [-0.4, -0.2) is 22.1 Å². The van der Waals surface area contributed by atoms with Crippen molar-refractivity contribution in [2.75, 3.05) is 7.11 Å². The Bertz CT molecular complexity index is 900. The van der Waals surface area contributed by atoms with E-state index in [2.05, 4.69) is 15.0 Å². The van der Waals surface area contributed by atoms with Crippen molar-refractivity contribution in [3.05, 3.63) is 58.9 Å². The number of ether oxygens (including phenoxy) is 1. The van der Waals surface area contributed by atoms with Crippen molar-refractivity contribution in [1.82, 2.24) is 15.0 Å². The summed E-state index contributed by atoms with van der Waals surface area (Å²) in [4.78, 5) is 13.0. The van der Waals surface area contributed by atoms with Crippen molar-refractivity contribution in [1.29, 1.82) is 0 Å². The molecule has 0 bridgehead atoms. The molecule has 0 aliphatic carbocycles. The van der Waals surface area contributed by atoms with Gasteiger partial charge in [0.2, 0.25) is 0 Å². The SMILES string of the molecule is COc1nc(-c2ccc(F)cc2)nc(-c2cc(C(C)N)ccc2Cl)n1. The highest BCUT2D eigenvalue weighted by Crippen LogP contribution is 2.30. The van der Waals surface area contributed by atoms with Crippen LogP contribution in [0.2, 0.25) is 5.02 Å². The van der Waals surface area contributed by atoms with Gasteiger partial charge in [0.1, 0.15) is 5.82 Å². The number of hydrogen-bond donors (Lipinski definition) is 1. The van der Waals surface area contributed by atoms with Gasteiger partial charge in [-0.3, -0.25) is 0 Å². The Balaban J connectivity index is 2.15. The van der Waals surface area contributed by atoms with Crippen LogP contribution >= 0.6 is 11.6 Å². The Morgan fingerprint density at radius 3 is 2.36 bits per heavy atom. The zero-order valence-corrected chi connectivity index (χ0v) is 14.5. The van der Waals surface area contributed by atoms with Crippen molar-refractivity contribution in [2.24, 2.45) is 5.73 Å². The second-order valence-corrected chi connectivity index (χ2v) is 5.91. The molecule has 1 heterocycles. The van der Waals surface area contributed by atoms with Crippen LogP contribution in [0, 0.1) is 5.82 Å². The molecule has 0 saturated heterocycles. The lowest BCUT2D eigenvalue weighted by Gasteiger charge is -2.11. The van der Waals surface area contributed by atoms with Gasteiger partial charge in [0.15, 0.2) is 11.6 Å². The number of methoxy groups -OCH3 is 1. The topological polar surface area (TPSA) is 73.9 Å². The van der Waals surface area contributed by atoms with Crippen molar-refractivity contribution in [3.8, 4) is 28.8 Å². The molecule has 0 spiro atoms. The maximum Gasteiger partial charge on any atom is 0.320 e. The minimum atomic E-state index is -0.335. The van der Waals surface area contributed by atoms with Crippen LogP contribution < -0.4 is 10.5 Å². The van der Waals surface area contributed by atoms with E-state index in [0.717, 1.165) is 5.56 Å². The van der Waals surface area contributed by atoms with Gasteiger partial charge in [0.25, 0.3) is 0 Å². The molecule has 2 aromatic carbocycles. The molecule has 25 heavy (non-hydrogen) atoms. The number of hydrogen-bond acceptors (Lipinski definition) is 5. The predicted octanol–water partition coefficient (Wildman–Crippen LogP) is 4.03. The number of benzene rings is 2. The first-order valence-electron chi connectivity index (χ1n) is 7.59. The summed E-state index contributed by atoms with van der Waals surface area (Å²) in [6, 6.07) is 11.3. The fourth-order valence-electron chi connectivity index (χ4n) is 2.29. The molecule has 1 aromatic heterocycles. The molecule has 0 amide bonds. The molecule has 128 valence electrons. The van der Waals surface area contributed by atoms with E-state index in [-0.39, 0.29) is 17.9 Å². The van der Waals surface area contributed by atoms with Gasteiger partial charge in [0, 0.05) is 17.2 Å². The maximum absolute atomic E-state index is 13.2. The molecule has 0 saturated carbocycles. The third kappa shape index (κ3) is 3.75. The Morgan fingerprint density at radius 1 is 1.04 bits per heavy atom. The number of aromatic nitrogens is 3. The van der Waals surface area contributed by atoms with E-state index < -0.39 is 0 Å². The molecular weight excluding hydrogens is 343 g/mol. The monoisotopic (exact) mass is 358 g/mol. The zero-order valence-electron chi connectivity index (χ0n) is 13.7. The summed E-state index contributed by atoms with van der Waals surface area (Å²) in [5.74, 6) is 0.389. The average molecular weight is 359 g/mol. The van der Waals surface area contributed by atoms with E-state index in [0.29, 0.717) is 27.8 Å². The quantitative estimate of drug-likeness (QED) is 0.762. The Kier molecular flexibility index (Phi) is 4.92. The lowest BCUT2D eigenvalue weighted by Crippen LogP contribution is -2.06. The lowest BCUT2D eigenvalue weighted by atomic mass is 10.1. The zero-order chi connectivity index (χ0) is 18.0. The number of nitrogens with two attached hydrogens (primary N) is 1. The van der Waals surface area contributed by atoms with Crippen LogP contribution in [0.5, 0.6) is 6.01 Å². The van der Waals surface area contributed by atoms with Gasteiger partial charge < -0.3 is 10.5 Å². The summed E-state index contributed by atoms with van der Waals surface area (Å²) in [5.41, 5.74) is 8.12. The van der Waals surface area contributed by atoms with E-state index in [4.69, 9.17) is 22.1 Å². The third-order valence-electron chi connectivity index (χ3n) is 3.66. The van der Waals surface area contributed by atoms with Gasteiger partial charge in [-0.05, 0) is 48.9 Å². The molecule has 0 fully saturated rings. The Labute approximate surface area is 149 Å². The molecular formula is C18H16ClFN4O. The molecule has 3 rings (SSSR count). The molecule has 1 atom stereocenters. The van der Waals surface area contributed by atoms with E-state index in [1.54, 1.807) is 18.2 Å². The summed E-state index contributed by atoms with van der Waals surface area (Å²) in [5, 5.41) is 0.489. The number of halogens is 2. The first kappa shape index (κ1) is 17.3. The maximum atomic E-state index is 13.2. The molecule has 0 aliphatic heterocycles. The second kappa shape index (κ2) is 7.13. The largest absolute Gasteiger partial charge is 0.467 e. The van der Waals surface area contributed by atoms with Gasteiger partial charge >= 0.3 is 6.01 Å². The van der Waals surface area contributed by atoms with Crippen LogP contribution in [0.4, 0.5) is 4.39 Å². The minimum Gasteiger partial charge on any atom is -0.467 e. The predicted molar refractivity (Wildman–Crippen MR) is 94.8 cm³/mol. The van der Waals surface area contributed by atoms with E-state index in [9.17, 15) is 4.39 Å². The summed E-state index contributed by atoms with van der Waals surface area (Å²) < 4.78 is 18.3. The molecule has 3 aromatic rings. The molecule has 2 N–H and O–H groups in total. The van der Waals surface area contributed by atoms with Crippen LogP contribution in [0.3, 0.4) is 0 Å². The summed E-state index contributed by atoms with van der Waals surface area (Å²) in [7, 11) is 1.47. The number of rotatable bonds is 4. The minimum absolute atomic E-state index is 0.145. The van der Waals surface area contributed by atoms with E-state index in [1.807, 2.05) is 19.1 Å². The highest BCUT2D eigenvalue weighted by Gasteiger charge is 2.15. The fraction of sp³-hybridized carbons (Fsp3) is 0.167. The van der Waals surface area contributed by atoms with Crippen molar-refractivity contribution >= 4 is 11.6 Å². The third-order valence-corrected chi connectivity index (χ3v) is 3.99. The van der Waals surface area contributed by atoms with E-state index in [1.165, 1.54) is 19.2 Å². The molecule has 1 unspecified atom stereocenters. The van der Waals surface area contributed by atoms with Gasteiger partial charge in [0.05, 0.1) is 12.1 Å². The van der Waals surface area contributed by atoms with Gasteiger partial charge in [-0.25, -0.2) is 9.37 Å². The molecule has 0 aliphatic rings. The Morgan fingerprint density at radius 2 is 1.72 bits per heavy atom. The Hall–Kier alpha value is -2.57. The van der Waals surface area contributed by atoms with Crippen molar-refractivity contribution in [3.63, 3.8) is 0 Å². The normalized spacial score (nSPS) is 12.0. The van der Waals surface area contributed by atoms with Crippen LogP contribution in [0.15, 0.2) is 42.5 Å². The lowest BCUT2D eigenvalue weighted by molar-refractivity contribution is 0.379.